The first-order chi connectivity index (χ1) is 11.0. The van der Waals surface area contributed by atoms with Crippen molar-refractivity contribution < 1.29 is 9.84 Å². The van der Waals surface area contributed by atoms with Crippen LogP contribution in [0.2, 0.25) is 0 Å². The fourth-order valence-corrected chi connectivity index (χ4v) is 1.80. The van der Waals surface area contributed by atoms with Crippen molar-refractivity contribution in [1.29, 1.82) is 0 Å². The van der Waals surface area contributed by atoms with Crippen LogP contribution in [0.15, 0.2) is 70.0 Å². The summed E-state index contributed by atoms with van der Waals surface area (Å²) < 4.78 is 5.01. The van der Waals surface area contributed by atoms with Crippen molar-refractivity contribution in [2.45, 2.75) is 6.92 Å². The minimum Gasteiger partial charge on any atom is -0.509 e. The average molecular weight is 330 g/mol. The largest absolute Gasteiger partial charge is 0.509 e. The molecule has 0 aromatic heterocycles. The SMILES string of the molecule is COC(/C=C(/S)CN=C/C=C/C=C/c1ccc(N)cc1)=C(/C)O. The summed E-state index contributed by atoms with van der Waals surface area (Å²) in [6.07, 6.45) is 11.0. The summed E-state index contributed by atoms with van der Waals surface area (Å²) in [5.41, 5.74) is 7.46. The van der Waals surface area contributed by atoms with Crippen molar-refractivity contribution in [2.75, 3.05) is 19.4 Å². The Labute approximate surface area is 142 Å². The van der Waals surface area contributed by atoms with Gasteiger partial charge in [-0.3, -0.25) is 4.99 Å². The van der Waals surface area contributed by atoms with Crippen LogP contribution in [0.1, 0.15) is 12.5 Å². The van der Waals surface area contributed by atoms with Gasteiger partial charge in [-0.25, -0.2) is 0 Å². The van der Waals surface area contributed by atoms with Gasteiger partial charge in [-0.1, -0.05) is 30.4 Å². The van der Waals surface area contributed by atoms with E-state index in [1.165, 1.54) is 7.11 Å². The van der Waals surface area contributed by atoms with Crippen molar-refractivity contribution in [2.24, 2.45) is 4.99 Å². The van der Waals surface area contributed by atoms with Crippen LogP contribution in [0.3, 0.4) is 0 Å². The monoisotopic (exact) mass is 330 g/mol. The smallest absolute Gasteiger partial charge is 0.156 e. The molecule has 23 heavy (non-hydrogen) atoms. The van der Waals surface area contributed by atoms with Crippen LogP contribution in [0, 0.1) is 0 Å². The lowest BCUT2D eigenvalue weighted by Crippen LogP contribution is -1.90. The average Bonchev–Trinajstić information content (AvgIpc) is 2.53. The lowest BCUT2D eigenvalue weighted by atomic mass is 10.2. The number of anilines is 1. The molecule has 0 aliphatic carbocycles. The van der Waals surface area contributed by atoms with Crippen LogP contribution in [0.25, 0.3) is 6.08 Å². The molecule has 0 spiro atoms. The van der Waals surface area contributed by atoms with Crippen molar-refractivity contribution >= 4 is 30.6 Å². The van der Waals surface area contributed by atoms with E-state index >= 15 is 0 Å². The number of hydrogen-bond acceptors (Lipinski definition) is 5. The van der Waals surface area contributed by atoms with Gasteiger partial charge in [-0.15, -0.1) is 12.6 Å². The molecule has 0 bridgehead atoms. The van der Waals surface area contributed by atoms with Crippen LogP contribution in [-0.4, -0.2) is 25.0 Å². The molecule has 4 nitrogen and oxygen atoms in total. The van der Waals surface area contributed by atoms with Crippen molar-refractivity contribution in [3.8, 4) is 0 Å². The number of benzene rings is 1. The Bertz CT molecular complexity index is 637. The zero-order chi connectivity index (χ0) is 17.1. The van der Waals surface area contributed by atoms with E-state index in [0.29, 0.717) is 17.2 Å². The molecule has 1 rings (SSSR count). The van der Waals surface area contributed by atoms with Crippen molar-refractivity contribution in [3.05, 3.63) is 70.6 Å². The molecule has 1 aromatic carbocycles. The maximum Gasteiger partial charge on any atom is 0.156 e. The Morgan fingerprint density at radius 3 is 2.57 bits per heavy atom. The molecule has 0 saturated heterocycles. The van der Waals surface area contributed by atoms with Crippen molar-refractivity contribution in [1.82, 2.24) is 0 Å². The van der Waals surface area contributed by atoms with Gasteiger partial charge in [0.2, 0.25) is 0 Å². The minimum atomic E-state index is 0.107. The van der Waals surface area contributed by atoms with Crippen LogP contribution >= 0.6 is 12.6 Å². The molecule has 0 aliphatic rings. The third kappa shape index (κ3) is 7.97. The number of aliphatic hydroxyl groups is 1. The Morgan fingerprint density at radius 1 is 1.26 bits per heavy atom. The molecule has 0 radical (unpaired) electrons. The number of hydrogen-bond donors (Lipinski definition) is 3. The highest BCUT2D eigenvalue weighted by Gasteiger charge is 1.98. The third-order valence-electron chi connectivity index (χ3n) is 2.77. The second-order valence-corrected chi connectivity index (χ2v) is 5.26. The van der Waals surface area contributed by atoms with Gasteiger partial charge < -0.3 is 15.6 Å². The molecule has 0 unspecified atom stereocenters. The molecular formula is C18H22N2O2S. The quantitative estimate of drug-likeness (QED) is 0.231. The maximum absolute atomic E-state index is 9.35. The Morgan fingerprint density at radius 2 is 1.96 bits per heavy atom. The van der Waals surface area contributed by atoms with Crippen LogP contribution in [0.4, 0.5) is 5.69 Å². The van der Waals surface area contributed by atoms with Gasteiger partial charge in [0.05, 0.1) is 13.7 Å². The number of aliphatic imine (C=N–C) groups is 1. The summed E-state index contributed by atoms with van der Waals surface area (Å²) in [5.74, 6) is 0.489. The first-order valence-corrected chi connectivity index (χ1v) is 7.49. The number of methoxy groups -OCH3 is 1. The molecule has 0 saturated carbocycles. The van der Waals surface area contributed by atoms with E-state index in [0.717, 1.165) is 11.3 Å². The maximum atomic E-state index is 9.35. The van der Waals surface area contributed by atoms with E-state index in [9.17, 15) is 5.11 Å². The van der Waals surface area contributed by atoms with Crippen LogP contribution < -0.4 is 5.73 Å². The van der Waals surface area contributed by atoms with Gasteiger partial charge in [-0.05, 0) is 36.8 Å². The Hall–Kier alpha value is -2.40. The number of nitrogens with two attached hydrogens (primary N) is 1. The first kappa shape index (κ1) is 18.6. The molecule has 0 atom stereocenters. The number of ether oxygens (including phenoxy) is 1. The summed E-state index contributed by atoms with van der Waals surface area (Å²) in [6.45, 7) is 1.96. The summed E-state index contributed by atoms with van der Waals surface area (Å²) >= 11 is 4.29. The molecule has 3 N–H and O–H groups in total. The summed E-state index contributed by atoms with van der Waals surface area (Å²) in [6, 6.07) is 7.63. The van der Waals surface area contributed by atoms with Gasteiger partial charge in [-0.2, -0.15) is 0 Å². The second kappa shape index (κ2) is 10.3. The standard InChI is InChI=1S/C18H22N2O2S/c1-14(21)18(22-2)12-17(23)13-20-11-5-3-4-6-15-7-9-16(19)10-8-15/h3-12,21,23H,13,19H2,1-2H3/b5-3+,6-4+,17-12+,18-14-,20-11?. The third-order valence-corrected chi connectivity index (χ3v) is 3.04. The Balaban J connectivity index is 2.45. The van der Waals surface area contributed by atoms with Gasteiger partial charge in [0.15, 0.2) is 5.76 Å². The molecule has 0 fully saturated rings. The molecule has 0 amide bonds. The molecular weight excluding hydrogens is 308 g/mol. The number of rotatable bonds is 7. The zero-order valence-corrected chi connectivity index (χ0v) is 14.2. The Kier molecular flexibility index (Phi) is 8.39. The number of nitrogens with zero attached hydrogens (tertiary/aromatic N) is 1. The number of thiol groups is 1. The van der Waals surface area contributed by atoms with E-state index in [2.05, 4.69) is 17.6 Å². The normalized spacial score (nSPS) is 14.0. The minimum absolute atomic E-state index is 0.107. The molecule has 0 aliphatic heterocycles. The lowest BCUT2D eigenvalue weighted by Gasteiger charge is -2.02. The number of nitrogen functional groups attached to an aromatic ring is 1. The summed E-state index contributed by atoms with van der Waals surface area (Å²) in [5, 5.41) is 9.35. The van der Waals surface area contributed by atoms with E-state index in [1.54, 1.807) is 19.2 Å². The fraction of sp³-hybridized carbons (Fsp3) is 0.167. The van der Waals surface area contributed by atoms with Gasteiger partial charge in [0, 0.05) is 16.8 Å². The topological polar surface area (TPSA) is 67.8 Å². The van der Waals surface area contributed by atoms with Crippen molar-refractivity contribution in [3.63, 3.8) is 0 Å². The van der Waals surface area contributed by atoms with Crippen LogP contribution in [0.5, 0.6) is 0 Å². The van der Waals surface area contributed by atoms with E-state index < -0.39 is 0 Å². The first-order valence-electron chi connectivity index (χ1n) is 7.05. The highest BCUT2D eigenvalue weighted by Crippen LogP contribution is 2.10. The van der Waals surface area contributed by atoms with E-state index in [-0.39, 0.29) is 5.76 Å². The van der Waals surface area contributed by atoms with Gasteiger partial charge >= 0.3 is 0 Å². The summed E-state index contributed by atoms with van der Waals surface area (Å²) in [7, 11) is 1.49. The predicted octanol–water partition coefficient (Wildman–Crippen LogP) is 4.16. The molecule has 122 valence electrons. The predicted molar refractivity (Wildman–Crippen MR) is 102 cm³/mol. The lowest BCUT2D eigenvalue weighted by molar-refractivity contribution is 0.269. The van der Waals surface area contributed by atoms with Crippen LogP contribution in [-0.2, 0) is 4.74 Å². The van der Waals surface area contributed by atoms with Gasteiger partial charge in [0.25, 0.3) is 0 Å². The fourth-order valence-electron chi connectivity index (χ4n) is 1.60. The highest BCUT2D eigenvalue weighted by atomic mass is 32.1. The highest BCUT2D eigenvalue weighted by molar-refractivity contribution is 7.84. The molecule has 1 aromatic rings. The van der Waals surface area contributed by atoms with E-state index in [1.807, 2.05) is 48.6 Å². The molecule has 0 heterocycles. The van der Waals surface area contributed by atoms with E-state index in [4.69, 9.17) is 10.5 Å². The summed E-state index contributed by atoms with van der Waals surface area (Å²) in [4.78, 5) is 4.90. The van der Waals surface area contributed by atoms with Gasteiger partial charge in [0.1, 0.15) is 5.76 Å². The zero-order valence-electron chi connectivity index (χ0n) is 13.3. The number of allylic oxidation sites excluding steroid dienone is 5. The molecule has 5 heteroatoms. The number of aliphatic hydroxyl groups excluding tert-OH is 1. The second-order valence-electron chi connectivity index (χ2n) is 4.69.